The van der Waals surface area contributed by atoms with Crippen LogP contribution in [0.15, 0.2) is 84.9 Å². The first-order valence-electron chi connectivity index (χ1n) is 9.50. The average molecular weight is 374 g/mol. The van der Waals surface area contributed by atoms with Crippen molar-refractivity contribution in [3.63, 3.8) is 0 Å². The zero-order valence-corrected chi connectivity index (χ0v) is 16.4. The van der Waals surface area contributed by atoms with Gasteiger partial charge in [-0.05, 0) is 28.8 Å². The van der Waals surface area contributed by atoms with E-state index >= 15 is 0 Å². The Hall–Kier alpha value is -3.11. The van der Waals surface area contributed by atoms with Gasteiger partial charge < -0.3 is 10.2 Å². The van der Waals surface area contributed by atoms with E-state index in [1.807, 2.05) is 62.6 Å². The van der Waals surface area contributed by atoms with Gasteiger partial charge in [0.15, 0.2) is 0 Å². The lowest BCUT2D eigenvalue weighted by Crippen LogP contribution is -2.35. The van der Waals surface area contributed by atoms with Crippen molar-refractivity contribution in [2.75, 3.05) is 25.5 Å². The van der Waals surface area contributed by atoms with Gasteiger partial charge in [-0.15, -0.1) is 0 Å². The van der Waals surface area contributed by atoms with E-state index in [2.05, 4.69) is 51.9 Å². The van der Waals surface area contributed by atoms with E-state index in [9.17, 15) is 4.79 Å². The molecule has 0 aliphatic rings. The standard InChI is InChI=1S/C24H27N3O/c1-27(2)22-15-13-19(14-16-22)17-25-23(28)18-26-24(20-9-5-3-6-10-20)21-11-7-4-8-12-21/h3-16,24,26H,17-18H2,1-2H3,(H,25,28). The Morgan fingerprint density at radius 1 is 0.821 bits per heavy atom. The number of carbonyl (C=O) groups excluding carboxylic acids is 1. The predicted molar refractivity (Wildman–Crippen MR) is 115 cm³/mol. The maximum absolute atomic E-state index is 12.4. The van der Waals surface area contributed by atoms with Gasteiger partial charge in [0.1, 0.15) is 0 Å². The van der Waals surface area contributed by atoms with Gasteiger partial charge in [-0.1, -0.05) is 72.8 Å². The largest absolute Gasteiger partial charge is 0.378 e. The van der Waals surface area contributed by atoms with E-state index in [1.54, 1.807) is 0 Å². The molecule has 0 saturated carbocycles. The molecule has 0 aromatic heterocycles. The zero-order valence-electron chi connectivity index (χ0n) is 16.4. The summed E-state index contributed by atoms with van der Waals surface area (Å²) in [6.45, 7) is 0.778. The second-order valence-corrected chi connectivity index (χ2v) is 6.97. The summed E-state index contributed by atoms with van der Waals surface area (Å²) in [4.78, 5) is 14.4. The van der Waals surface area contributed by atoms with Crippen molar-refractivity contribution in [1.29, 1.82) is 0 Å². The van der Waals surface area contributed by atoms with E-state index in [-0.39, 0.29) is 18.5 Å². The SMILES string of the molecule is CN(C)c1ccc(CNC(=O)CNC(c2ccccc2)c2ccccc2)cc1. The highest BCUT2D eigenvalue weighted by Gasteiger charge is 2.14. The van der Waals surface area contributed by atoms with E-state index < -0.39 is 0 Å². The minimum absolute atomic E-state index is 0.0199. The smallest absolute Gasteiger partial charge is 0.234 e. The van der Waals surface area contributed by atoms with Crippen LogP contribution in [0.5, 0.6) is 0 Å². The van der Waals surface area contributed by atoms with Crippen molar-refractivity contribution < 1.29 is 4.79 Å². The Bertz CT molecular complexity index is 822. The molecule has 4 heteroatoms. The van der Waals surface area contributed by atoms with Crippen LogP contribution < -0.4 is 15.5 Å². The molecule has 2 N–H and O–H groups in total. The number of carbonyl (C=O) groups is 1. The molecule has 1 amide bonds. The molecule has 0 saturated heterocycles. The average Bonchev–Trinajstić information content (AvgIpc) is 2.74. The molecule has 3 aromatic carbocycles. The molecule has 3 aromatic rings. The zero-order chi connectivity index (χ0) is 19.8. The molecule has 144 valence electrons. The molecule has 0 aliphatic heterocycles. The number of benzene rings is 3. The Labute approximate surface area is 167 Å². The van der Waals surface area contributed by atoms with Gasteiger partial charge in [-0.25, -0.2) is 0 Å². The Morgan fingerprint density at radius 2 is 1.36 bits per heavy atom. The molecule has 0 aliphatic carbocycles. The normalized spacial score (nSPS) is 10.7. The third kappa shape index (κ3) is 5.44. The first-order chi connectivity index (χ1) is 13.6. The Kier molecular flexibility index (Phi) is 6.82. The molecule has 0 radical (unpaired) electrons. The summed E-state index contributed by atoms with van der Waals surface area (Å²) in [5.41, 5.74) is 4.51. The van der Waals surface area contributed by atoms with Crippen molar-refractivity contribution in [3.8, 4) is 0 Å². The lowest BCUT2D eigenvalue weighted by atomic mass is 9.99. The third-order valence-electron chi connectivity index (χ3n) is 4.67. The van der Waals surface area contributed by atoms with Crippen molar-refractivity contribution in [2.24, 2.45) is 0 Å². The van der Waals surface area contributed by atoms with Gasteiger partial charge in [-0.2, -0.15) is 0 Å². The molecule has 0 spiro atoms. The monoisotopic (exact) mass is 373 g/mol. The fourth-order valence-corrected chi connectivity index (χ4v) is 3.09. The van der Waals surface area contributed by atoms with Gasteiger partial charge in [0.05, 0.1) is 12.6 Å². The summed E-state index contributed by atoms with van der Waals surface area (Å²) in [6, 6.07) is 28.6. The highest BCUT2D eigenvalue weighted by atomic mass is 16.1. The predicted octanol–water partition coefficient (Wildman–Crippen LogP) is 3.75. The molecular weight excluding hydrogens is 346 g/mol. The molecule has 3 rings (SSSR count). The van der Waals surface area contributed by atoms with E-state index in [4.69, 9.17) is 0 Å². The second kappa shape index (κ2) is 9.72. The number of nitrogens with zero attached hydrogens (tertiary/aromatic N) is 1. The summed E-state index contributed by atoms with van der Waals surface area (Å²) < 4.78 is 0. The second-order valence-electron chi connectivity index (χ2n) is 6.97. The topological polar surface area (TPSA) is 44.4 Å². The van der Waals surface area contributed by atoms with E-state index in [0.717, 1.165) is 22.4 Å². The van der Waals surface area contributed by atoms with Crippen LogP contribution in [0.3, 0.4) is 0 Å². The summed E-state index contributed by atoms with van der Waals surface area (Å²) in [5, 5.41) is 6.38. The van der Waals surface area contributed by atoms with Crippen LogP contribution in [0, 0.1) is 0 Å². The first kappa shape index (κ1) is 19.6. The molecule has 0 heterocycles. The van der Waals surface area contributed by atoms with Gasteiger partial charge in [-0.3, -0.25) is 10.1 Å². The Morgan fingerprint density at radius 3 is 1.86 bits per heavy atom. The number of rotatable bonds is 8. The molecule has 0 bridgehead atoms. The number of nitrogens with one attached hydrogen (secondary N) is 2. The lowest BCUT2D eigenvalue weighted by molar-refractivity contribution is -0.120. The minimum Gasteiger partial charge on any atom is -0.378 e. The number of hydrogen-bond donors (Lipinski definition) is 2. The molecule has 0 fully saturated rings. The molecule has 4 nitrogen and oxygen atoms in total. The fraction of sp³-hybridized carbons (Fsp3) is 0.208. The molecular formula is C24H27N3O. The van der Waals surface area contributed by atoms with E-state index in [0.29, 0.717) is 6.54 Å². The number of anilines is 1. The quantitative estimate of drug-likeness (QED) is 0.632. The van der Waals surface area contributed by atoms with Crippen molar-refractivity contribution in [3.05, 3.63) is 102 Å². The van der Waals surface area contributed by atoms with Crippen LogP contribution in [0.4, 0.5) is 5.69 Å². The maximum Gasteiger partial charge on any atom is 0.234 e. The van der Waals surface area contributed by atoms with Crippen LogP contribution >= 0.6 is 0 Å². The number of amides is 1. The van der Waals surface area contributed by atoms with Crippen molar-refractivity contribution in [1.82, 2.24) is 10.6 Å². The number of hydrogen-bond acceptors (Lipinski definition) is 3. The summed E-state index contributed by atoms with van der Waals surface area (Å²) >= 11 is 0. The van der Waals surface area contributed by atoms with Crippen LogP contribution in [0.1, 0.15) is 22.7 Å². The highest BCUT2D eigenvalue weighted by molar-refractivity contribution is 5.78. The first-order valence-corrected chi connectivity index (χ1v) is 9.50. The fourth-order valence-electron chi connectivity index (χ4n) is 3.09. The molecule has 0 unspecified atom stereocenters. The van der Waals surface area contributed by atoms with Gasteiger partial charge in [0.25, 0.3) is 0 Å². The summed E-state index contributed by atoms with van der Waals surface area (Å²) in [6.07, 6.45) is 0. The molecule has 0 atom stereocenters. The van der Waals surface area contributed by atoms with Gasteiger partial charge >= 0.3 is 0 Å². The maximum atomic E-state index is 12.4. The Balaban J connectivity index is 1.58. The summed E-state index contributed by atoms with van der Waals surface area (Å²) in [5.74, 6) is -0.0199. The van der Waals surface area contributed by atoms with Gasteiger partial charge in [0, 0.05) is 26.3 Å². The lowest BCUT2D eigenvalue weighted by Gasteiger charge is -2.20. The summed E-state index contributed by atoms with van der Waals surface area (Å²) in [7, 11) is 4.02. The minimum atomic E-state index is -0.0208. The van der Waals surface area contributed by atoms with Crippen LogP contribution in [-0.4, -0.2) is 26.5 Å². The van der Waals surface area contributed by atoms with E-state index in [1.165, 1.54) is 0 Å². The van der Waals surface area contributed by atoms with Crippen LogP contribution in [0.2, 0.25) is 0 Å². The third-order valence-corrected chi connectivity index (χ3v) is 4.67. The van der Waals surface area contributed by atoms with Crippen LogP contribution in [-0.2, 0) is 11.3 Å². The van der Waals surface area contributed by atoms with Gasteiger partial charge in [0.2, 0.25) is 5.91 Å². The van der Waals surface area contributed by atoms with Crippen LogP contribution in [0.25, 0.3) is 0 Å². The highest BCUT2D eigenvalue weighted by Crippen LogP contribution is 2.21. The van der Waals surface area contributed by atoms with Crippen molar-refractivity contribution in [2.45, 2.75) is 12.6 Å². The van der Waals surface area contributed by atoms with Crippen molar-refractivity contribution >= 4 is 11.6 Å². The molecule has 28 heavy (non-hydrogen) atoms.